The lowest BCUT2D eigenvalue weighted by molar-refractivity contribution is 0.846. The van der Waals surface area contributed by atoms with Gasteiger partial charge in [0, 0.05) is 11.6 Å². The lowest BCUT2D eigenvalue weighted by Crippen LogP contribution is -1.91. The molecule has 0 aliphatic rings. The van der Waals surface area contributed by atoms with Crippen LogP contribution in [0, 0.1) is 0 Å². The third-order valence-electron chi connectivity index (χ3n) is 1.37. The molecule has 66 valence electrons. The van der Waals surface area contributed by atoms with Crippen LogP contribution in [0.1, 0.15) is 0 Å². The van der Waals surface area contributed by atoms with Gasteiger partial charge in [-0.2, -0.15) is 0 Å². The Bertz CT molecular complexity index is 370. The van der Waals surface area contributed by atoms with Gasteiger partial charge in [-0.1, -0.05) is 11.8 Å². The SMILES string of the molecule is CSc1ncc(-c2nccs2)nn1. The molecule has 0 bridgehead atoms. The molecule has 13 heavy (non-hydrogen) atoms. The predicted molar refractivity (Wildman–Crippen MR) is 52.7 cm³/mol. The molecule has 0 aliphatic heterocycles. The zero-order valence-electron chi connectivity index (χ0n) is 6.84. The fourth-order valence-electron chi connectivity index (χ4n) is 0.806. The van der Waals surface area contributed by atoms with E-state index in [0.29, 0.717) is 5.16 Å². The minimum Gasteiger partial charge on any atom is -0.243 e. The molecule has 0 atom stereocenters. The van der Waals surface area contributed by atoms with Crippen molar-refractivity contribution >= 4 is 23.1 Å². The van der Waals surface area contributed by atoms with Gasteiger partial charge in [-0.15, -0.1) is 21.5 Å². The van der Waals surface area contributed by atoms with Crippen molar-refractivity contribution in [2.24, 2.45) is 0 Å². The summed E-state index contributed by atoms with van der Waals surface area (Å²) in [5.74, 6) is 0. The van der Waals surface area contributed by atoms with Crippen LogP contribution in [0.5, 0.6) is 0 Å². The zero-order chi connectivity index (χ0) is 9.10. The van der Waals surface area contributed by atoms with E-state index < -0.39 is 0 Å². The summed E-state index contributed by atoms with van der Waals surface area (Å²) in [4.78, 5) is 8.22. The van der Waals surface area contributed by atoms with Crippen LogP contribution >= 0.6 is 23.1 Å². The molecule has 0 saturated carbocycles. The van der Waals surface area contributed by atoms with Crippen LogP contribution in [0.2, 0.25) is 0 Å². The summed E-state index contributed by atoms with van der Waals surface area (Å²) < 4.78 is 0. The van der Waals surface area contributed by atoms with E-state index in [9.17, 15) is 0 Å². The van der Waals surface area contributed by atoms with E-state index in [1.807, 2.05) is 11.6 Å². The average molecular weight is 210 g/mol. The third-order valence-corrected chi connectivity index (χ3v) is 2.72. The molecule has 0 aromatic carbocycles. The van der Waals surface area contributed by atoms with Crippen molar-refractivity contribution in [1.82, 2.24) is 20.2 Å². The molecule has 0 amide bonds. The van der Waals surface area contributed by atoms with Crippen LogP contribution in [0.4, 0.5) is 0 Å². The molecule has 6 heteroatoms. The van der Waals surface area contributed by atoms with Gasteiger partial charge in [0.05, 0.1) is 6.20 Å². The molecule has 0 radical (unpaired) electrons. The van der Waals surface area contributed by atoms with Gasteiger partial charge >= 0.3 is 0 Å². The number of thioether (sulfide) groups is 1. The Morgan fingerprint density at radius 3 is 2.77 bits per heavy atom. The Morgan fingerprint density at radius 2 is 2.23 bits per heavy atom. The second kappa shape index (κ2) is 3.80. The van der Waals surface area contributed by atoms with E-state index in [2.05, 4.69) is 20.2 Å². The highest BCUT2D eigenvalue weighted by molar-refractivity contribution is 7.98. The number of thiazole rings is 1. The molecule has 0 spiro atoms. The Hall–Kier alpha value is -1.01. The number of nitrogens with zero attached hydrogens (tertiary/aromatic N) is 4. The molecular weight excluding hydrogens is 204 g/mol. The molecule has 2 heterocycles. The quantitative estimate of drug-likeness (QED) is 0.706. The Labute approximate surface area is 83.5 Å². The van der Waals surface area contributed by atoms with Crippen LogP contribution in [0.15, 0.2) is 22.9 Å². The van der Waals surface area contributed by atoms with Crippen molar-refractivity contribution < 1.29 is 0 Å². The smallest absolute Gasteiger partial charge is 0.208 e. The summed E-state index contributed by atoms with van der Waals surface area (Å²) in [6.07, 6.45) is 5.35. The van der Waals surface area contributed by atoms with E-state index >= 15 is 0 Å². The van der Waals surface area contributed by atoms with Gasteiger partial charge in [-0.25, -0.2) is 9.97 Å². The molecule has 2 aromatic rings. The minimum absolute atomic E-state index is 0.681. The molecular formula is C7H6N4S2. The second-order valence-electron chi connectivity index (χ2n) is 2.17. The largest absolute Gasteiger partial charge is 0.243 e. The first-order chi connectivity index (χ1) is 6.40. The van der Waals surface area contributed by atoms with E-state index in [1.54, 1.807) is 12.4 Å². The molecule has 2 aromatic heterocycles. The number of hydrogen-bond donors (Lipinski definition) is 0. The van der Waals surface area contributed by atoms with Gasteiger partial charge in [0.15, 0.2) is 0 Å². The first-order valence-corrected chi connectivity index (χ1v) is 5.64. The molecule has 0 fully saturated rings. The molecule has 0 saturated heterocycles. The summed E-state index contributed by atoms with van der Waals surface area (Å²) in [6.45, 7) is 0. The van der Waals surface area contributed by atoms with Crippen molar-refractivity contribution in [3.05, 3.63) is 17.8 Å². The standard InChI is InChI=1S/C7H6N4S2/c1-12-7-9-4-5(10-11-7)6-8-2-3-13-6/h2-4H,1H3. The number of rotatable bonds is 2. The van der Waals surface area contributed by atoms with Crippen LogP contribution in [0.3, 0.4) is 0 Å². The Kier molecular flexibility index (Phi) is 2.51. The third kappa shape index (κ3) is 1.84. The Balaban J connectivity index is 2.33. The van der Waals surface area contributed by atoms with Gasteiger partial charge in [0.2, 0.25) is 5.16 Å². The van der Waals surface area contributed by atoms with E-state index in [1.165, 1.54) is 23.1 Å². The summed E-state index contributed by atoms with van der Waals surface area (Å²) in [7, 11) is 0. The van der Waals surface area contributed by atoms with E-state index in [0.717, 1.165) is 10.7 Å². The van der Waals surface area contributed by atoms with Crippen LogP contribution in [0.25, 0.3) is 10.7 Å². The second-order valence-corrected chi connectivity index (χ2v) is 3.84. The minimum atomic E-state index is 0.681. The maximum atomic E-state index is 4.11. The number of aromatic nitrogens is 4. The zero-order valence-corrected chi connectivity index (χ0v) is 8.47. The van der Waals surface area contributed by atoms with Gasteiger partial charge in [0.1, 0.15) is 10.7 Å². The topological polar surface area (TPSA) is 51.6 Å². The van der Waals surface area contributed by atoms with Gasteiger partial charge in [-0.3, -0.25) is 0 Å². The lowest BCUT2D eigenvalue weighted by Gasteiger charge is -1.94. The molecule has 0 unspecified atom stereocenters. The highest BCUT2D eigenvalue weighted by Crippen LogP contribution is 2.18. The van der Waals surface area contributed by atoms with Crippen molar-refractivity contribution in [2.45, 2.75) is 5.16 Å². The van der Waals surface area contributed by atoms with Crippen molar-refractivity contribution in [3.63, 3.8) is 0 Å². The molecule has 0 N–H and O–H groups in total. The summed E-state index contributed by atoms with van der Waals surface area (Å²) in [5.41, 5.74) is 0.729. The Morgan fingerprint density at radius 1 is 1.31 bits per heavy atom. The van der Waals surface area contributed by atoms with Gasteiger partial charge in [-0.05, 0) is 6.26 Å². The fourth-order valence-corrected chi connectivity index (χ4v) is 1.67. The maximum absolute atomic E-state index is 4.11. The predicted octanol–water partition coefficient (Wildman–Crippen LogP) is 1.72. The van der Waals surface area contributed by atoms with Gasteiger partial charge in [0.25, 0.3) is 0 Å². The molecule has 4 nitrogen and oxygen atoms in total. The van der Waals surface area contributed by atoms with Crippen molar-refractivity contribution in [3.8, 4) is 10.7 Å². The van der Waals surface area contributed by atoms with E-state index in [4.69, 9.17) is 0 Å². The summed E-state index contributed by atoms with van der Waals surface area (Å²) in [6, 6.07) is 0. The highest BCUT2D eigenvalue weighted by atomic mass is 32.2. The molecule has 2 rings (SSSR count). The summed E-state index contributed by atoms with van der Waals surface area (Å²) in [5, 5.41) is 11.4. The summed E-state index contributed by atoms with van der Waals surface area (Å²) >= 11 is 3.00. The lowest BCUT2D eigenvalue weighted by atomic mass is 10.5. The maximum Gasteiger partial charge on any atom is 0.208 e. The highest BCUT2D eigenvalue weighted by Gasteiger charge is 2.03. The van der Waals surface area contributed by atoms with Crippen molar-refractivity contribution in [1.29, 1.82) is 0 Å². The number of hydrogen-bond acceptors (Lipinski definition) is 6. The van der Waals surface area contributed by atoms with Gasteiger partial charge < -0.3 is 0 Å². The first kappa shape index (κ1) is 8.58. The average Bonchev–Trinajstić information content (AvgIpc) is 2.71. The monoisotopic (exact) mass is 210 g/mol. The van der Waals surface area contributed by atoms with Crippen LogP contribution in [-0.2, 0) is 0 Å². The van der Waals surface area contributed by atoms with Crippen LogP contribution in [-0.4, -0.2) is 26.4 Å². The van der Waals surface area contributed by atoms with Crippen LogP contribution < -0.4 is 0 Å². The molecule has 0 aliphatic carbocycles. The van der Waals surface area contributed by atoms with E-state index in [-0.39, 0.29) is 0 Å². The normalized spacial score (nSPS) is 10.2. The van der Waals surface area contributed by atoms with Crippen molar-refractivity contribution in [2.75, 3.05) is 6.26 Å². The fraction of sp³-hybridized carbons (Fsp3) is 0.143. The first-order valence-electron chi connectivity index (χ1n) is 3.54.